The third-order valence-electron chi connectivity index (χ3n) is 4.50. The Morgan fingerprint density at radius 1 is 0.969 bits per heavy atom. The smallest absolute Gasteiger partial charge is 0.177 e. The van der Waals surface area contributed by atoms with Crippen LogP contribution in [0.25, 0.3) is 0 Å². The Kier molecular flexibility index (Phi) is 6.83. The van der Waals surface area contributed by atoms with Crippen LogP contribution in [-0.2, 0) is 13.1 Å². The van der Waals surface area contributed by atoms with Crippen LogP contribution in [0.2, 0.25) is 5.02 Å². The van der Waals surface area contributed by atoms with Crippen LogP contribution in [0.4, 0.5) is 20.4 Å². The van der Waals surface area contributed by atoms with Crippen LogP contribution in [0.1, 0.15) is 11.1 Å². The van der Waals surface area contributed by atoms with E-state index in [0.717, 1.165) is 0 Å². The van der Waals surface area contributed by atoms with Crippen molar-refractivity contribution >= 4 is 56.5 Å². The van der Waals surface area contributed by atoms with Gasteiger partial charge in [-0.1, -0.05) is 35.9 Å². The minimum absolute atomic E-state index is 0.180. The van der Waals surface area contributed by atoms with Crippen molar-refractivity contribution in [3.8, 4) is 0 Å². The number of benzene rings is 2. The van der Waals surface area contributed by atoms with E-state index in [-0.39, 0.29) is 24.0 Å². The molecule has 32 heavy (non-hydrogen) atoms. The first-order valence-corrected chi connectivity index (χ1v) is 11.0. The molecule has 0 saturated heterocycles. The number of anilines is 2. The first kappa shape index (κ1) is 22.4. The van der Waals surface area contributed by atoms with Crippen molar-refractivity contribution in [1.82, 2.24) is 19.6 Å². The SMILES string of the molecule is Fc1ccccc1Cn1cc(Br)c(NC(=S)Nc2ccn(Cc3c(F)cccc3Cl)n2)n1. The van der Waals surface area contributed by atoms with Gasteiger partial charge in [-0.2, -0.15) is 10.2 Å². The maximum absolute atomic E-state index is 14.0. The molecule has 11 heteroatoms. The fourth-order valence-electron chi connectivity index (χ4n) is 2.98. The molecule has 0 radical (unpaired) electrons. The molecule has 0 aliphatic rings. The molecule has 4 aromatic rings. The van der Waals surface area contributed by atoms with Gasteiger partial charge < -0.3 is 10.6 Å². The molecule has 164 valence electrons. The zero-order valence-electron chi connectivity index (χ0n) is 16.4. The van der Waals surface area contributed by atoms with Gasteiger partial charge in [0.15, 0.2) is 16.7 Å². The Labute approximate surface area is 201 Å². The Bertz CT molecular complexity index is 1250. The second-order valence-corrected chi connectivity index (χ2v) is 8.46. The van der Waals surface area contributed by atoms with Gasteiger partial charge in [0.25, 0.3) is 0 Å². The summed E-state index contributed by atoms with van der Waals surface area (Å²) < 4.78 is 31.7. The molecule has 0 spiro atoms. The topological polar surface area (TPSA) is 59.7 Å². The number of aromatic nitrogens is 4. The molecule has 0 aliphatic heterocycles. The van der Waals surface area contributed by atoms with E-state index in [1.54, 1.807) is 58.2 Å². The average molecular weight is 538 g/mol. The van der Waals surface area contributed by atoms with Gasteiger partial charge in [-0.05, 0) is 46.3 Å². The molecule has 0 bridgehead atoms. The summed E-state index contributed by atoms with van der Waals surface area (Å²) in [7, 11) is 0. The van der Waals surface area contributed by atoms with Crippen molar-refractivity contribution in [2.24, 2.45) is 0 Å². The van der Waals surface area contributed by atoms with E-state index in [1.165, 1.54) is 12.1 Å². The highest BCUT2D eigenvalue weighted by atomic mass is 79.9. The lowest BCUT2D eigenvalue weighted by molar-refractivity contribution is 0.586. The van der Waals surface area contributed by atoms with Gasteiger partial charge in [0.1, 0.15) is 11.6 Å². The largest absolute Gasteiger partial charge is 0.316 e. The minimum atomic E-state index is -0.393. The van der Waals surface area contributed by atoms with E-state index in [1.807, 2.05) is 0 Å². The molecule has 0 fully saturated rings. The molecule has 0 saturated carbocycles. The summed E-state index contributed by atoms with van der Waals surface area (Å²) in [5, 5.41) is 15.3. The van der Waals surface area contributed by atoms with Crippen LogP contribution >= 0.6 is 39.7 Å². The molecular formula is C21H16BrClF2N6S. The van der Waals surface area contributed by atoms with E-state index in [4.69, 9.17) is 23.8 Å². The van der Waals surface area contributed by atoms with Crippen molar-refractivity contribution in [1.29, 1.82) is 0 Å². The van der Waals surface area contributed by atoms with E-state index >= 15 is 0 Å². The van der Waals surface area contributed by atoms with E-state index < -0.39 is 5.82 Å². The van der Waals surface area contributed by atoms with Crippen molar-refractivity contribution < 1.29 is 8.78 Å². The summed E-state index contributed by atoms with van der Waals surface area (Å²) in [6, 6.07) is 12.8. The van der Waals surface area contributed by atoms with Crippen LogP contribution in [0, 0.1) is 11.6 Å². The number of hydrogen-bond acceptors (Lipinski definition) is 3. The Balaban J connectivity index is 1.38. The third-order valence-corrected chi connectivity index (χ3v) is 5.64. The minimum Gasteiger partial charge on any atom is -0.316 e. The number of nitrogens with one attached hydrogen (secondary N) is 2. The number of hydrogen-bond donors (Lipinski definition) is 2. The van der Waals surface area contributed by atoms with Crippen LogP contribution in [0.15, 0.2) is 65.4 Å². The highest BCUT2D eigenvalue weighted by molar-refractivity contribution is 9.10. The highest BCUT2D eigenvalue weighted by Crippen LogP contribution is 2.22. The summed E-state index contributed by atoms with van der Waals surface area (Å²) in [5.41, 5.74) is 0.879. The standard InChI is InChI=1S/C21H16BrClF2N6S/c22-15-12-31(10-13-4-1-2-6-17(13)24)29-20(15)27-21(32)26-19-8-9-30(28-19)11-14-16(23)5-3-7-18(14)25/h1-9,12H,10-11H2,(H2,26,27,28,29,32). The molecule has 2 aromatic heterocycles. The van der Waals surface area contributed by atoms with Crippen molar-refractivity contribution in [2.45, 2.75) is 13.1 Å². The maximum atomic E-state index is 14.0. The molecule has 4 rings (SSSR count). The van der Waals surface area contributed by atoms with E-state index in [2.05, 4.69) is 36.8 Å². The zero-order chi connectivity index (χ0) is 22.7. The first-order chi connectivity index (χ1) is 15.4. The van der Waals surface area contributed by atoms with E-state index in [0.29, 0.717) is 32.3 Å². The monoisotopic (exact) mass is 536 g/mol. The average Bonchev–Trinajstić information content (AvgIpc) is 3.32. The molecule has 6 nitrogen and oxygen atoms in total. The van der Waals surface area contributed by atoms with Gasteiger partial charge >= 0.3 is 0 Å². The Morgan fingerprint density at radius 3 is 2.53 bits per heavy atom. The van der Waals surface area contributed by atoms with Gasteiger partial charge in [0.05, 0.1) is 17.6 Å². The van der Waals surface area contributed by atoms with Crippen LogP contribution < -0.4 is 10.6 Å². The van der Waals surface area contributed by atoms with Gasteiger partial charge in [-0.3, -0.25) is 9.36 Å². The first-order valence-electron chi connectivity index (χ1n) is 9.40. The van der Waals surface area contributed by atoms with Gasteiger partial charge in [-0.25, -0.2) is 8.78 Å². The van der Waals surface area contributed by atoms with Crippen LogP contribution in [0.3, 0.4) is 0 Å². The molecule has 0 unspecified atom stereocenters. The Morgan fingerprint density at radius 2 is 1.75 bits per heavy atom. The quantitative estimate of drug-likeness (QED) is 0.310. The van der Waals surface area contributed by atoms with E-state index in [9.17, 15) is 8.78 Å². The van der Waals surface area contributed by atoms with Gasteiger partial charge in [0, 0.05) is 34.6 Å². The molecule has 0 aliphatic carbocycles. The summed E-state index contributed by atoms with van der Waals surface area (Å²) in [4.78, 5) is 0. The molecule has 0 amide bonds. The number of halogens is 4. The van der Waals surface area contributed by atoms with Gasteiger partial charge in [-0.15, -0.1) is 0 Å². The predicted octanol–water partition coefficient (Wildman–Crippen LogP) is 5.68. The predicted molar refractivity (Wildman–Crippen MR) is 128 cm³/mol. The summed E-state index contributed by atoms with van der Waals surface area (Å²) in [6.45, 7) is 0.454. The van der Waals surface area contributed by atoms with Crippen molar-refractivity contribution in [3.05, 3.63) is 93.2 Å². The molecule has 2 aromatic carbocycles. The fourth-order valence-corrected chi connectivity index (χ4v) is 3.82. The highest BCUT2D eigenvalue weighted by Gasteiger charge is 2.12. The zero-order valence-corrected chi connectivity index (χ0v) is 19.6. The molecule has 2 N–H and O–H groups in total. The molecule has 2 heterocycles. The summed E-state index contributed by atoms with van der Waals surface area (Å²) in [5.74, 6) is 0.252. The number of rotatable bonds is 6. The lowest BCUT2D eigenvalue weighted by Crippen LogP contribution is -2.20. The van der Waals surface area contributed by atoms with Crippen molar-refractivity contribution in [2.75, 3.05) is 10.6 Å². The molecular weight excluding hydrogens is 522 g/mol. The summed E-state index contributed by atoms with van der Waals surface area (Å²) >= 11 is 14.8. The van der Waals surface area contributed by atoms with Crippen molar-refractivity contribution in [3.63, 3.8) is 0 Å². The maximum Gasteiger partial charge on any atom is 0.177 e. The lowest BCUT2D eigenvalue weighted by atomic mass is 10.2. The summed E-state index contributed by atoms with van der Waals surface area (Å²) in [6.07, 6.45) is 3.41. The van der Waals surface area contributed by atoms with Crippen LogP contribution in [-0.4, -0.2) is 24.7 Å². The van der Waals surface area contributed by atoms with Gasteiger partial charge in [0.2, 0.25) is 0 Å². The fraction of sp³-hybridized carbons (Fsp3) is 0.0952. The number of thiocarbonyl (C=S) groups is 1. The molecule has 0 atom stereocenters. The third kappa shape index (κ3) is 5.32. The van der Waals surface area contributed by atoms with Crippen LogP contribution in [0.5, 0.6) is 0 Å². The second-order valence-electron chi connectivity index (χ2n) is 6.79. The lowest BCUT2D eigenvalue weighted by Gasteiger charge is -2.08. The normalized spacial score (nSPS) is 10.9. The second kappa shape index (κ2) is 9.76. The number of nitrogens with zero attached hydrogens (tertiary/aromatic N) is 4. The Hall–Kier alpha value is -2.82.